The van der Waals surface area contributed by atoms with Gasteiger partial charge in [0, 0.05) is 47.4 Å². The number of nitrogens with one attached hydrogen (secondary N) is 3. The standard InChI is InChI=1S/C16H18Cl2N4O2.ClH/c17-11-2-1-10(13(18)7-11)9-24-6-5-20-16(23)15-12-8-19-4-3-14(12)21-22-15;/h1-2,7,19H,3-6,8-9H2,(H,20,23)(H,21,22);1H. The van der Waals surface area contributed by atoms with Crippen LogP contribution in [-0.4, -0.2) is 35.8 Å². The number of aromatic amines is 1. The van der Waals surface area contributed by atoms with Gasteiger partial charge in [0.1, 0.15) is 0 Å². The van der Waals surface area contributed by atoms with Crippen LogP contribution in [0.3, 0.4) is 0 Å². The van der Waals surface area contributed by atoms with Crippen LogP contribution in [0.2, 0.25) is 10.0 Å². The maximum absolute atomic E-state index is 12.2. The Hall–Kier alpha value is -1.31. The summed E-state index contributed by atoms with van der Waals surface area (Å²) >= 11 is 11.9. The van der Waals surface area contributed by atoms with E-state index in [1.54, 1.807) is 12.1 Å². The summed E-state index contributed by atoms with van der Waals surface area (Å²) in [5.74, 6) is -0.190. The van der Waals surface area contributed by atoms with Crippen molar-refractivity contribution in [1.29, 1.82) is 0 Å². The monoisotopic (exact) mass is 404 g/mol. The second kappa shape index (κ2) is 9.40. The highest BCUT2D eigenvalue weighted by Gasteiger charge is 2.21. The van der Waals surface area contributed by atoms with Crippen molar-refractivity contribution in [2.75, 3.05) is 19.7 Å². The average Bonchev–Trinajstić information content (AvgIpc) is 3.00. The van der Waals surface area contributed by atoms with Gasteiger partial charge in [-0.2, -0.15) is 5.10 Å². The Kier molecular flexibility index (Phi) is 7.53. The number of nitrogens with zero attached hydrogens (tertiary/aromatic N) is 1. The molecule has 0 bridgehead atoms. The summed E-state index contributed by atoms with van der Waals surface area (Å²) < 4.78 is 5.54. The molecule has 1 aromatic carbocycles. The molecule has 0 atom stereocenters. The fraction of sp³-hybridized carbons (Fsp3) is 0.375. The third-order valence-corrected chi connectivity index (χ3v) is 4.41. The largest absolute Gasteiger partial charge is 0.375 e. The maximum Gasteiger partial charge on any atom is 0.272 e. The number of hydrogen-bond donors (Lipinski definition) is 3. The third-order valence-electron chi connectivity index (χ3n) is 3.83. The van der Waals surface area contributed by atoms with Crippen LogP contribution in [-0.2, 0) is 24.3 Å². The molecule has 1 aromatic heterocycles. The fourth-order valence-electron chi connectivity index (χ4n) is 2.55. The number of H-pyrrole nitrogens is 1. The highest BCUT2D eigenvalue weighted by molar-refractivity contribution is 6.35. The lowest BCUT2D eigenvalue weighted by Gasteiger charge is -2.13. The fourth-order valence-corrected chi connectivity index (χ4v) is 3.02. The molecule has 2 heterocycles. The van der Waals surface area contributed by atoms with Gasteiger partial charge < -0.3 is 15.4 Å². The summed E-state index contributed by atoms with van der Waals surface area (Å²) in [6.07, 6.45) is 0.862. The van der Waals surface area contributed by atoms with Crippen molar-refractivity contribution in [2.45, 2.75) is 19.6 Å². The number of ether oxygens (including phenoxy) is 1. The molecule has 3 N–H and O–H groups in total. The van der Waals surface area contributed by atoms with Gasteiger partial charge in [-0.05, 0) is 17.7 Å². The van der Waals surface area contributed by atoms with E-state index in [2.05, 4.69) is 20.8 Å². The lowest BCUT2D eigenvalue weighted by atomic mass is 10.1. The predicted molar refractivity (Wildman–Crippen MR) is 99.7 cm³/mol. The lowest BCUT2D eigenvalue weighted by molar-refractivity contribution is 0.0895. The van der Waals surface area contributed by atoms with Crippen molar-refractivity contribution >= 4 is 41.5 Å². The van der Waals surface area contributed by atoms with Gasteiger partial charge in [-0.1, -0.05) is 29.3 Å². The summed E-state index contributed by atoms with van der Waals surface area (Å²) in [5, 5.41) is 14.3. The predicted octanol–water partition coefficient (Wildman–Crippen LogP) is 2.73. The van der Waals surface area contributed by atoms with E-state index >= 15 is 0 Å². The second-order valence-corrected chi connectivity index (χ2v) is 6.34. The number of amides is 1. The molecule has 1 aliphatic heterocycles. The first kappa shape index (κ1) is 20.0. The van der Waals surface area contributed by atoms with Gasteiger partial charge in [-0.25, -0.2) is 0 Å². The number of halogens is 3. The maximum atomic E-state index is 12.2. The number of rotatable bonds is 6. The first-order valence-electron chi connectivity index (χ1n) is 7.72. The second-order valence-electron chi connectivity index (χ2n) is 5.50. The van der Waals surface area contributed by atoms with Gasteiger partial charge in [0.05, 0.1) is 13.2 Å². The lowest BCUT2D eigenvalue weighted by Crippen LogP contribution is -2.30. The highest BCUT2D eigenvalue weighted by atomic mass is 35.5. The molecule has 0 unspecified atom stereocenters. The van der Waals surface area contributed by atoms with E-state index in [0.29, 0.717) is 42.0 Å². The highest BCUT2D eigenvalue weighted by Crippen LogP contribution is 2.21. The van der Waals surface area contributed by atoms with Crippen LogP contribution >= 0.6 is 35.6 Å². The summed E-state index contributed by atoms with van der Waals surface area (Å²) in [6.45, 7) is 2.72. The molecule has 25 heavy (non-hydrogen) atoms. The topological polar surface area (TPSA) is 79.0 Å². The average molecular weight is 406 g/mol. The van der Waals surface area contributed by atoms with Crippen LogP contribution in [0.15, 0.2) is 18.2 Å². The van der Waals surface area contributed by atoms with E-state index in [9.17, 15) is 4.79 Å². The molecule has 9 heteroatoms. The Morgan fingerprint density at radius 2 is 2.20 bits per heavy atom. The van der Waals surface area contributed by atoms with E-state index in [-0.39, 0.29) is 18.3 Å². The van der Waals surface area contributed by atoms with Crippen molar-refractivity contribution in [1.82, 2.24) is 20.8 Å². The first-order valence-corrected chi connectivity index (χ1v) is 8.47. The van der Waals surface area contributed by atoms with E-state index < -0.39 is 0 Å². The Labute approximate surface area is 162 Å². The summed E-state index contributed by atoms with van der Waals surface area (Å²) in [6, 6.07) is 5.27. The Bertz CT molecular complexity index is 736. The van der Waals surface area contributed by atoms with Crippen molar-refractivity contribution in [3.8, 4) is 0 Å². The molecule has 0 saturated heterocycles. The minimum Gasteiger partial charge on any atom is -0.375 e. The van der Waals surface area contributed by atoms with E-state index in [1.165, 1.54) is 0 Å². The zero-order chi connectivity index (χ0) is 16.9. The molecule has 3 rings (SSSR count). The van der Waals surface area contributed by atoms with Crippen LogP contribution in [0.4, 0.5) is 0 Å². The zero-order valence-corrected chi connectivity index (χ0v) is 15.7. The normalized spacial score (nSPS) is 13.0. The quantitative estimate of drug-likeness (QED) is 0.646. The molecule has 0 saturated carbocycles. The van der Waals surface area contributed by atoms with Crippen LogP contribution < -0.4 is 10.6 Å². The Balaban J connectivity index is 0.00000225. The Morgan fingerprint density at radius 1 is 1.36 bits per heavy atom. The van der Waals surface area contributed by atoms with Crippen LogP contribution in [0.5, 0.6) is 0 Å². The van der Waals surface area contributed by atoms with Gasteiger partial charge in [0.15, 0.2) is 5.69 Å². The number of carbonyl (C=O) groups excluding carboxylic acids is 1. The number of fused-ring (bicyclic) bond motifs is 1. The summed E-state index contributed by atoms with van der Waals surface area (Å²) in [5.41, 5.74) is 3.30. The molecule has 1 aliphatic rings. The number of aromatic nitrogens is 2. The molecule has 0 aliphatic carbocycles. The minimum atomic E-state index is -0.190. The van der Waals surface area contributed by atoms with Crippen molar-refractivity contribution in [3.05, 3.63) is 50.8 Å². The molecule has 0 fully saturated rings. The minimum absolute atomic E-state index is 0. The first-order chi connectivity index (χ1) is 11.6. The van der Waals surface area contributed by atoms with Gasteiger partial charge in [-0.15, -0.1) is 12.4 Å². The van der Waals surface area contributed by atoms with Gasteiger partial charge >= 0.3 is 0 Å². The van der Waals surface area contributed by atoms with Crippen molar-refractivity contribution in [3.63, 3.8) is 0 Å². The van der Waals surface area contributed by atoms with Crippen LogP contribution in [0, 0.1) is 0 Å². The third kappa shape index (κ3) is 5.09. The van der Waals surface area contributed by atoms with Gasteiger partial charge in [0.2, 0.25) is 0 Å². The molecule has 2 aromatic rings. The van der Waals surface area contributed by atoms with Gasteiger partial charge in [0.25, 0.3) is 5.91 Å². The molecule has 136 valence electrons. The molecule has 0 spiro atoms. The molecule has 0 radical (unpaired) electrons. The number of benzene rings is 1. The number of carbonyl (C=O) groups is 1. The molecular weight excluding hydrogens is 387 g/mol. The van der Waals surface area contributed by atoms with Crippen LogP contribution in [0.1, 0.15) is 27.3 Å². The summed E-state index contributed by atoms with van der Waals surface area (Å²) in [7, 11) is 0. The summed E-state index contributed by atoms with van der Waals surface area (Å²) in [4.78, 5) is 12.2. The molecule has 6 nitrogen and oxygen atoms in total. The molecular formula is C16H19Cl3N4O2. The zero-order valence-electron chi connectivity index (χ0n) is 13.4. The Morgan fingerprint density at radius 3 is 3.00 bits per heavy atom. The molecule has 1 amide bonds. The van der Waals surface area contributed by atoms with E-state index in [4.69, 9.17) is 27.9 Å². The number of hydrogen-bond acceptors (Lipinski definition) is 4. The van der Waals surface area contributed by atoms with Gasteiger partial charge in [-0.3, -0.25) is 9.89 Å². The van der Waals surface area contributed by atoms with Crippen molar-refractivity contribution in [2.24, 2.45) is 0 Å². The van der Waals surface area contributed by atoms with Crippen molar-refractivity contribution < 1.29 is 9.53 Å². The van der Waals surface area contributed by atoms with E-state index in [0.717, 1.165) is 29.8 Å². The van der Waals surface area contributed by atoms with E-state index in [1.807, 2.05) is 6.07 Å². The smallest absolute Gasteiger partial charge is 0.272 e. The SMILES string of the molecule is Cl.O=C(NCCOCc1ccc(Cl)cc1Cl)c1n[nH]c2c1CNCC2. The van der Waals surface area contributed by atoms with Crippen LogP contribution in [0.25, 0.3) is 0 Å².